The number of aryl methyl sites for hydroxylation is 1. The van der Waals surface area contributed by atoms with Crippen LogP contribution in [0.4, 0.5) is 5.69 Å². The van der Waals surface area contributed by atoms with Crippen molar-refractivity contribution in [2.45, 2.75) is 11.8 Å². The number of carbonyl (C=O) groups is 1. The van der Waals surface area contributed by atoms with E-state index in [1.807, 2.05) is 6.92 Å². The standard InChI is InChI=1S/C15H14ClNO4S/c1-10-3-8-14(13(16)9-10)22(19,20)17-12-6-4-11(5-7-12)15(18)21-2/h3-9,17H,1-2H3. The molecule has 1 N–H and O–H groups in total. The van der Waals surface area contributed by atoms with E-state index in [0.29, 0.717) is 11.3 Å². The molecule has 0 aromatic heterocycles. The van der Waals surface area contributed by atoms with E-state index in [1.165, 1.54) is 37.4 Å². The Kier molecular flexibility index (Phi) is 4.73. The summed E-state index contributed by atoms with van der Waals surface area (Å²) in [6, 6.07) is 10.6. The van der Waals surface area contributed by atoms with Gasteiger partial charge < -0.3 is 4.74 Å². The second-order valence-electron chi connectivity index (χ2n) is 4.61. The molecule has 0 atom stereocenters. The smallest absolute Gasteiger partial charge is 0.337 e. The van der Waals surface area contributed by atoms with Crippen molar-refractivity contribution in [3.8, 4) is 0 Å². The van der Waals surface area contributed by atoms with Gasteiger partial charge in [0.2, 0.25) is 0 Å². The highest BCUT2D eigenvalue weighted by Crippen LogP contribution is 2.25. The summed E-state index contributed by atoms with van der Waals surface area (Å²) >= 11 is 5.99. The molecule has 116 valence electrons. The number of carbonyl (C=O) groups excluding carboxylic acids is 1. The maximum absolute atomic E-state index is 12.3. The lowest BCUT2D eigenvalue weighted by Crippen LogP contribution is -2.13. The summed E-state index contributed by atoms with van der Waals surface area (Å²) in [4.78, 5) is 11.3. The zero-order valence-electron chi connectivity index (χ0n) is 12.0. The molecule has 22 heavy (non-hydrogen) atoms. The molecule has 7 heteroatoms. The van der Waals surface area contributed by atoms with E-state index < -0.39 is 16.0 Å². The Hall–Kier alpha value is -2.05. The summed E-state index contributed by atoms with van der Waals surface area (Å²) in [7, 11) is -2.52. The van der Waals surface area contributed by atoms with E-state index in [9.17, 15) is 13.2 Å². The lowest BCUT2D eigenvalue weighted by Gasteiger charge is -2.10. The van der Waals surface area contributed by atoms with Crippen LogP contribution in [0, 0.1) is 6.92 Å². The van der Waals surface area contributed by atoms with Gasteiger partial charge in [0.25, 0.3) is 10.0 Å². The first-order valence-corrected chi connectivity index (χ1v) is 8.17. The summed E-state index contributed by atoms with van der Waals surface area (Å²) < 4.78 is 31.6. The van der Waals surface area contributed by atoms with Gasteiger partial charge in [-0.1, -0.05) is 17.7 Å². The van der Waals surface area contributed by atoms with Crippen LogP contribution in [0.1, 0.15) is 15.9 Å². The molecular weight excluding hydrogens is 326 g/mol. The topological polar surface area (TPSA) is 72.5 Å². The molecule has 2 rings (SSSR count). The number of sulfonamides is 1. The quantitative estimate of drug-likeness (QED) is 0.868. The van der Waals surface area contributed by atoms with Crippen LogP contribution in [0.15, 0.2) is 47.4 Å². The Morgan fingerprint density at radius 1 is 1.14 bits per heavy atom. The van der Waals surface area contributed by atoms with Crippen molar-refractivity contribution in [2.75, 3.05) is 11.8 Å². The fourth-order valence-electron chi connectivity index (χ4n) is 1.83. The zero-order valence-corrected chi connectivity index (χ0v) is 13.5. The molecule has 0 aliphatic heterocycles. The van der Waals surface area contributed by atoms with Gasteiger partial charge in [-0.05, 0) is 48.9 Å². The first kappa shape index (κ1) is 16.3. The summed E-state index contributed by atoms with van der Waals surface area (Å²) in [6.45, 7) is 1.82. The van der Waals surface area contributed by atoms with Crippen LogP contribution in [0.25, 0.3) is 0 Å². The molecule has 0 radical (unpaired) electrons. The van der Waals surface area contributed by atoms with Crippen LogP contribution in [0.2, 0.25) is 5.02 Å². The minimum atomic E-state index is -3.80. The molecule has 0 saturated carbocycles. The van der Waals surface area contributed by atoms with Crippen molar-refractivity contribution in [1.82, 2.24) is 0 Å². The highest BCUT2D eigenvalue weighted by atomic mass is 35.5. The number of anilines is 1. The average molecular weight is 340 g/mol. The van der Waals surface area contributed by atoms with Gasteiger partial charge in [0, 0.05) is 5.69 Å². The van der Waals surface area contributed by atoms with Gasteiger partial charge in [-0.15, -0.1) is 0 Å². The Morgan fingerprint density at radius 3 is 2.32 bits per heavy atom. The molecule has 2 aromatic carbocycles. The highest BCUT2D eigenvalue weighted by molar-refractivity contribution is 7.92. The van der Waals surface area contributed by atoms with E-state index in [0.717, 1.165) is 5.56 Å². The minimum absolute atomic E-state index is 0.00295. The summed E-state index contributed by atoms with van der Waals surface area (Å²) in [5, 5.41) is 0.152. The molecule has 2 aromatic rings. The molecular formula is C15H14ClNO4S. The molecule has 5 nitrogen and oxygen atoms in total. The van der Waals surface area contributed by atoms with Crippen LogP contribution < -0.4 is 4.72 Å². The van der Waals surface area contributed by atoms with Crippen molar-refractivity contribution in [3.63, 3.8) is 0 Å². The number of ether oxygens (including phenoxy) is 1. The molecule has 0 unspecified atom stereocenters. The SMILES string of the molecule is COC(=O)c1ccc(NS(=O)(=O)c2ccc(C)cc2Cl)cc1. The van der Waals surface area contributed by atoms with Gasteiger partial charge in [-0.25, -0.2) is 13.2 Å². The molecule has 0 bridgehead atoms. The molecule has 0 saturated heterocycles. The Bertz CT molecular complexity index is 801. The van der Waals surface area contributed by atoms with Crippen molar-refractivity contribution in [3.05, 3.63) is 58.6 Å². The molecule has 0 amide bonds. The van der Waals surface area contributed by atoms with Crippen LogP contribution in [0.5, 0.6) is 0 Å². The van der Waals surface area contributed by atoms with Crippen molar-refractivity contribution in [2.24, 2.45) is 0 Å². The second kappa shape index (κ2) is 6.37. The number of esters is 1. The number of rotatable bonds is 4. The molecule has 0 aliphatic rings. The predicted molar refractivity (Wildman–Crippen MR) is 84.8 cm³/mol. The van der Waals surface area contributed by atoms with Gasteiger partial charge in [0.1, 0.15) is 4.90 Å². The van der Waals surface area contributed by atoms with E-state index >= 15 is 0 Å². The highest BCUT2D eigenvalue weighted by Gasteiger charge is 2.18. The van der Waals surface area contributed by atoms with E-state index in [1.54, 1.807) is 12.1 Å². The second-order valence-corrected chi connectivity index (χ2v) is 6.67. The van der Waals surface area contributed by atoms with Gasteiger partial charge in [-0.2, -0.15) is 0 Å². The van der Waals surface area contributed by atoms with Crippen molar-refractivity contribution < 1.29 is 17.9 Å². The lowest BCUT2D eigenvalue weighted by molar-refractivity contribution is 0.0601. The normalized spacial score (nSPS) is 11.0. The van der Waals surface area contributed by atoms with Crippen LogP contribution in [0.3, 0.4) is 0 Å². The van der Waals surface area contributed by atoms with Crippen molar-refractivity contribution >= 4 is 33.3 Å². The van der Waals surface area contributed by atoms with Gasteiger partial charge in [0.05, 0.1) is 17.7 Å². The summed E-state index contributed by atoms with van der Waals surface area (Å²) in [5.74, 6) is -0.490. The fourth-order valence-corrected chi connectivity index (χ4v) is 3.49. The Morgan fingerprint density at radius 2 is 1.77 bits per heavy atom. The van der Waals surface area contributed by atoms with Crippen LogP contribution >= 0.6 is 11.6 Å². The van der Waals surface area contributed by atoms with E-state index in [2.05, 4.69) is 9.46 Å². The summed E-state index contributed by atoms with van der Waals surface area (Å²) in [6.07, 6.45) is 0. The first-order chi connectivity index (χ1) is 10.3. The average Bonchev–Trinajstić information content (AvgIpc) is 2.46. The number of halogens is 1. The van der Waals surface area contributed by atoms with Gasteiger partial charge in [0.15, 0.2) is 0 Å². The number of hydrogen-bond donors (Lipinski definition) is 1. The number of benzene rings is 2. The predicted octanol–water partition coefficient (Wildman–Crippen LogP) is 3.24. The van der Waals surface area contributed by atoms with E-state index in [4.69, 9.17) is 11.6 Å². The van der Waals surface area contributed by atoms with Crippen molar-refractivity contribution in [1.29, 1.82) is 0 Å². The Labute approximate surface area is 133 Å². The monoisotopic (exact) mass is 339 g/mol. The molecule has 0 heterocycles. The van der Waals surface area contributed by atoms with E-state index in [-0.39, 0.29) is 9.92 Å². The third-order valence-electron chi connectivity index (χ3n) is 2.94. The largest absolute Gasteiger partial charge is 0.465 e. The Balaban J connectivity index is 2.27. The molecule has 0 spiro atoms. The van der Waals surface area contributed by atoms with Crippen LogP contribution in [-0.2, 0) is 14.8 Å². The minimum Gasteiger partial charge on any atom is -0.465 e. The third-order valence-corrected chi connectivity index (χ3v) is 4.80. The first-order valence-electron chi connectivity index (χ1n) is 6.31. The van der Waals surface area contributed by atoms with Gasteiger partial charge >= 0.3 is 5.97 Å². The van der Waals surface area contributed by atoms with Crippen LogP contribution in [-0.4, -0.2) is 21.5 Å². The number of hydrogen-bond acceptors (Lipinski definition) is 4. The number of nitrogens with one attached hydrogen (secondary N) is 1. The lowest BCUT2D eigenvalue weighted by atomic mass is 10.2. The molecule has 0 aliphatic carbocycles. The maximum atomic E-state index is 12.3. The fraction of sp³-hybridized carbons (Fsp3) is 0.133. The number of methoxy groups -OCH3 is 1. The van der Waals surface area contributed by atoms with Gasteiger partial charge in [-0.3, -0.25) is 4.72 Å². The molecule has 0 fully saturated rings. The summed E-state index contributed by atoms with van der Waals surface area (Å²) in [5.41, 5.74) is 1.52. The zero-order chi connectivity index (χ0) is 16.3. The third kappa shape index (κ3) is 3.58. The maximum Gasteiger partial charge on any atom is 0.337 e.